The lowest BCUT2D eigenvalue weighted by Crippen LogP contribution is -2.61. The molecule has 4 heterocycles. The van der Waals surface area contributed by atoms with E-state index in [9.17, 15) is 23.2 Å². The molecule has 11 heteroatoms. The number of hydrogen-bond acceptors (Lipinski definition) is 7. The Morgan fingerprint density at radius 3 is 2.61 bits per heavy atom. The number of alkyl halides is 3. The van der Waals surface area contributed by atoms with E-state index < -0.39 is 29.8 Å². The molecule has 0 spiro atoms. The SMILES string of the molecule is N#CC[C@@]1(N2NC(Nc3ccc(C(N4CCCC4)C(F)(F)F)cc3)C3C(=O)NCCC32)CCCOC1. The number of nitriles is 1. The van der Waals surface area contributed by atoms with Crippen molar-refractivity contribution in [2.24, 2.45) is 5.92 Å². The van der Waals surface area contributed by atoms with Crippen molar-refractivity contribution in [3.8, 4) is 6.07 Å². The summed E-state index contributed by atoms with van der Waals surface area (Å²) in [5, 5.41) is 17.9. The van der Waals surface area contributed by atoms with Crippen LogP contribution in [0.25, 0.3) is 0 Å². The molecule has 0 bridgehead atoms. The van der Waals surface area contributed by atoms with Gasteiger partial charge in [0.05, 0.1) is 30.6 Å². The number of likely N-dealkylation sites (tertiary alicyclic amines) is 1. The van der Waals surface area contributed by atoms with Gasteiger partial charge < -0.3 is 15.4 Å². The zero-order chi connectivity index (χ0) is 25.3. The van der Waals surface area contributed by atoms with Crippen molar-refractivity contribution in [1.82, 2.24) is 20.7 Å². The van der Waals surface area contributed by atoms with Crippen molar-refractivity contribution in [3.05, 3.63) is 29.8 Å². The molecule has 5 atom stereocenters. The van der Waals surface area contributed by atoms with E-state index in [0.717, 1.165) is 32.1 Å². The second-order valence-corrected chi connectivity index (χ2v) is 10.3. The highest BCUT2D eigenvalue weighted by atomic mass is 19.4. The van der Waals surface area contributed by atoms with Gasteiger partial charge in [-0.1, -0.05) is 12.1 Å². The number of carbonyl (C=O) groups excluding carboxylic acids is 1. The van der Waals surface area contributed by atoms with Crippen LogP contribution in [0, 0.1) is 17.2 Å². The number of carbonyl (C=O) groups is 1. The lowest BCUT2D eigenvalue weighted by Gasteiger charge is -2.46. The average Bonchev–Trinajstić information content (AvgIpc) is 3.50. The summed E-state index contributed by atoms with van der Waals surface area (Å²) in [6.45, 7) is 2.50. The lowest BCUT2D eigenvalue weighted by atomic mass is 9.84. The fourth-order valence-corrected chi connectivity index (χ4v) is 6.36. The number of rotatable bonds is 6. The minimum absolute atomic E-state index is 0.0784. The Kier molecular flexibility index (Phi) is 7.14. The van der Waals surface area contributed by atoms with Crippen molar-refractivity contribution in [2.75, 3.05) is 38.2 Å². The summed E-state index contributed by atoms with van der Waals surface area (Å²) in [7, 11) is 0. The van der Waals surface area contributed by atoms with Crippen molar-refractivity contribution >= 4 is 11.6 Å². The van der Waals surface area contributed by atoms with Gasteiger partial charge in [-0.25, -0.2) is 10.4 Å². The van der Waals surface area contributed by atoms with Crippen molar-refractivity contribution in [2.45, 2.75) is 68.5 Å². The van der Waals surface area contributed by atoms with E-state index in [4.69, 9.17) is 4.74 Å². The number of hydrazine groups is 1. The highest BCUT2D eigenvalue weighted by molar-refractivity contribution is 5.82. The zero-order valence-corrected chi connectivity index (χ0v) is 20.2. The number of nitrogens with one attached hydrogen (secondary N) is 3. The Labute approximate surface area is 209 Å². The predicted octanol–water partition coefficient (Wildman–Crippen LogP) is 2.91. The normalized spacial score (nSPS) is 32.5. The molecule has 1 aromatic carbocycles. The molecule has 8 nitrogen and oxygen atoms in total. The van der Waals surface area contributed by atoms with E-state index in [2.05, 4.69) is 27.1 Å². The van der Waals surface area contributed by atoms with Crippen LogP contribution in [0.15, 0.2) is 24.3 Å². The Morgan fingerprint density at radius 2 is 1.97 bits per heavy atom. The topological polar surface area (TPSA) is 92.7 Å². The van der Waals surface area contributed by atoms with Crippen LogP contribution in [-0.4, -0.2) is 72.6 Å². The van der Waals surface area contributed by atoms with Gasteiger partial charge in [0.25, 0.3) is 0 Å². The molecule has 5 rings (SSSR count). The molecule has 0 saturated carbocycles. The van der Waals surface area contributed by atoms with Gasteiger partial charge in [-0.15, -0.1) is 0 Å². The molecule has 4 aliphatic heterocycles. The molecule has 3 N–H and O–H groups in total. The molecule has 36 heavy (non-hydrogen) atoms. The smallest absolute Gasteiger partial charge is 0.379 e. The number of ether oxygens (including phenoxy) is 1. The molecule has 0 aliphatic carbocycles. The van der Waals surface area contributed by atoms with Gasteiger partial charge in [0.2, 0.25) is 5.91 Å². The van der Waals surface area contributed by atoms with Gasteiger partial charge in [-0.3, -0.25) is 9.69 Å². The monoisotopic (exact) mass is 506 g/mol. The van der Waals surface area contributed by atoms with E-state index in [1.165, 1.54) is 17.0 Å². The Hall–Kier alpha value is -2.39. The number of amides is 1. The van der Waals surface area contributed by atoms with Gasteiger partial charge in [0, 0.05) is 24.9 Å². The first-order valence-electron chi connectivity index (χ1n) is 12.8. The molecular formula is C25H33F3N6O2. The summed E-state index contributed by atoms with van der Waals surface area (Å²) in [5.41, 5.74) is 3.78. The van der Waals surface area contributed by atoms with Crippen LogP contribution < -0.4 is 16.1 Å². The molecule has 1 aromatic rings. The number of anilines is 1. The number of hydrogen-bond donors (Lipinski definition) is 3. The van der Waals surface area contributed by atoms with Gasteiger partial charge in [0.15, 0.2) is 0 Å². The summed E-state index contributed by atoms with van der Waals surface area (Å²) in [4.78, 5) is 14.4. The number of benzene rings is 1. The second kappa shape index (κ2) is 10.2. The quantitative estimate of drug-likeness (QED) is 0.547. The molecule has 4 aliphatic rings. The molecule has 4 unspecified atom stereocenters. The number of piperidine rings is 1. The van der Waals surface area contributed by atoms with E-state index in [-0.39, 0.29) is 23.9 Å². The first-order chi connectivity index (χ1) is 17.3. The third-order valence-electron chi connectivity index (χ3n) is 8.01. The number of fused-ring (bicyclic) bond motifs is 1. The summed E-state index contributed by atoms with van der Waals surface area (Å²) in [6.07, 6.45) is -0.626. The highest BCUT2D eigenvalue weighted by Gasteiger charge is 2.55. The molecule has 4 saturated heterocycles. The molecule has 0 aromatic heterocycles. The van der Waals surface area contributed by atoms with Gasteiger partial charge in [0.1, 0.15) is 12.2 Å². The zero-order valence-electron chi connectivity index (χ0n) is 20.2. The van der Waals surface area contributed by atoms with Gasteiger partial charge >= 0.3 is 6.18 Å². The van der Waals surface area contributed by atoms with E-state index in [1.54, 1.807) is 12.1 Å². The summed E-state index contributed by atoms with van der Waals surface area (Å²) >= 11 is 0. The molecular weight excluding hydrogens is 473 g/mol. The second-order valence-electron chi connectivity index (χ2n) is 10.3. The maximum atomic E-state index is 13.9. The summed E-state index contributed by atoms with van der Waals surface area (Å²) in [5.74, 6) is -0.492. The van der Waals surface area contributed by atoms with Crippen LogP contribution in [0.1, 0.15) is 50.1 Å². The lowest BCUT2D eigenvalue weighted by molar-refractivity contribution is -0.183. The largest absolute Gasteiger partial charge is 0.408 e. The number of halogens is 3. The summed E-state index contributed by atoms with van der Waals surface area (Å²) in [6, 6.07) is 6.92. The van der Waals surface area contributed by atoms with Crippen LogP contribution in [0.2, 0.25) is 0 Å². The first kappa shape index (κ1) is 25.3. The van der Waals surface area contributed by atoms with E-state index in [0.29, 0.717) is 38.5 Å². The van der Waals surface area contributed by atoms with Crippen molar-refractivity contribution in [1.29, 1.82) is 5.26 Å². The Balaban J connectivity index is 1.36. The average molecular weight is 507 g/mol. The maximum Gasteiger partial charge on any atom is 0.408 e. The van der Waals surface area contributed by atoms with Crippen molar-refractivity contribution in [3.63, 3.8) is 0 Å². The van der Waals surface area contributed by atoms with Crippen LogP contribution in [-0.2, 0) is 9.53 Å². The van der Waals surface area contributed by atoms with E-state index >= 15 is 0 Å². The minimum Gasteiger partial charge on any atom is -0.379 e. The Morgan fingerprint density at radius 1 is 1.22 bits per heavy atom. The molecule has 1 amide bonds. The summed E-state index contributed by atoms with van der Waals surface area (Å²) < 4.78 is 47.4. The fourth-order valence-electron chi connectivity index (χ4n) is 6.36. The third kappa shape index (κ3) is 4.79. The molecule has 4 fully saturated rings. The predicted molar refractivity (Wildman–Crippen MR) is 126 cm³/mol. The van der Waals surface area contributed by atoms with Crippen LogP contribution in [0.3, 0.4) is 0 Å². The van der Waals surface area contributed by atoms with Gasteiger partial charge in [-0.05, 0) is 62.9 Å². The minimum atomic E-state index is -4.35. The fraction of sp³-hybridized carbons (Fsp3) is 0.680. The third-order valence-corrected chi connectivity index (χ3v) is 8.01. The number of nitrogens with zero attached hydrogens (tertiary/aromatic N) is 3. The van der Waals surface area contributed by atoms with Crippen molar-refractivity contribution < 1.29 is 22.7 Å². The van der Waals surface area contributed by atoms with Crippen LogP contribution >= 0.6 is 0 Å². The van der Waals surface area contributed by atoms with Crippen LogP contribution in [0.4, 0.5) is 18.9 Å². The van der Waals surface area contributed by atoms with Crippen LogP contribution in [0.5, 0.6) is 0 Å². The maximum absolute atomic E-state index is 13.9. The van der Waals surface area contributed by atoms with Gasteiger partial charge in [-0.2, -0.15) is 18.4 Å². The Bertz CT molecular complexity index is 969. The highest BCUT2D eigenvalue weighted by Crippen LogP contribution is 2.41. The standard InChI is InChI=1S/C25H33F3N6O2/c26-25(27,28)21(33-13-1-2-14-33)17-4-6-18(7-5-17)31-22-20-19(8-12-30-23(20)35)34(32-22)24(10-11-29)9-3-15-36-16-24/h4-7,19-22,31-32H,1-3,8-10,12-16H2,(H,30,35)/t19?,20?,21?,22?,24-/m0/s1. The first-order valence-corrected chi connectivity index (χ1v) is 12.8. The molecule has 196 valence electrons. The van der Waals surface area contributed by atoms with E-state index in [1.807, 2.05) is 0 Å². The molecule has 0 radical (unpaired) electrons.